The average Bonchev–Trinajstić information content (AvgIpc) is 3.42. The van der Waals surface area contributed by atoms with Crippen molar-refractivity contribution in [1.82, 2.24) is 25.6 Å². The number of hydrogen-bond donors (Lipinski definition) is 2. The van der Waals surface area contributed by atoms with Crippen molar-refractivity contribution in [3.8, 4) is 11.4 Å². The summed E-state index contributed by atoms with van der Waals surface area (Å²) in [6.45, 7) is 2.41. The highest BCUT2D eigenvalue weighted by molar-refractivity contribution is 7.99. The summed E-state index contributed by atoms with van der Waals surface area (Å²) >= 11 is 1.24. The van der Waals surface area contributed by atoms with Gasteiger partial charge in [-0.2, -0.15) is 0 Å². The molecule has 2 heterocycles. The van der Waals surface area contributed by atoms with Gasteiger partial charge in [0.25, 0.3) is 5.91 Å². The van der Waals surface area contributed by atoms with Gasteiger partial charge in [-0.05, 0) is 30.7 Å². The van der Waals surface area contributed by atoms with E-state index in [9.17, 15) is 9.59 Å². The van der Waals surface area contributed by atoms with Gasteiger partial charge in [0, 0.05) is 5.56 Å². The Bertz CT molecular complexity index is 1200. The van der Waals surface area contributed by atoms with E-state index in [1.54, 1.807) is 30.5 Å². The van der Waals surface area contributed by atoms with Crippen LogP contribution in [0.15, 0.2) is 82.6 Å². The standard InChI is InChI=1S/C23H21N5O3S/c1-16-19(12-13-31-16)21-25-27-23(28(21)14-17-8-4-2-5-9-17)32-15-20(29)24-26-22(30)18-10-6-3-7-11-18/h2-13H,14-15H2,1H3,(H,24,29)(H,26,30). The Hall–Kier alpha value is -3.85. The molecular weight excluding hydrogens is 426 g/mol. The lowest BCUT2D eigenvalue weighted by Gasteiger charge is -2.10. The molecule has 8 nitrogen and oxygen atoms in total. The fourth-order valence-corrected chi connectivity index (χ4v) is 3.81. The van der Waals surface area contributed by atoms with Gasteiger partial charge in [0.2, 0.25) is 5.91 Å². The van der Waals surface area contributed by atoms with E-state index in [0.717, 1.165) is 16.9 Å². The largest absolute Gasteiger partial charge is 0.469 e. The Morgan fingerprint density at radius 1 is 0.969 bits per heavy atom. The second-order valence-electron chi connectivity index (χ2n) is 6.93. The number of nitrogens with one attached hydrogen (secondary N) is 2. The Morgan fingerprint density at radius 3 is 2.38 bits per heavy atom. The number of benzene rings is 2. The summed E-state index contributed by atoms with van der Waals surface area (Å²) < 4.78 is 7.38. The van der Waals surface area contributed by atoms with Crippen molar-refractivity contribution in [2.75, 3.05) is 5.75 Å². The highest BCUT2D eigenvalue weighted by atomic mass is 32.2. The minimum Gasteiger partial charge on any atom is -0.469 e. The third-order valence-corrected chi connectivity index (χ3v) is 5.65. The molecule has 0 atom stereocenters. The molecule has 162 valence electrons. The normalized spacial score (nSPS) is 10.7. The van der Waals surface area contributed by atoms with Crippen molar-refractivity contribution in [3.63, 3.8) is 0 Å². The SMILES string of the molecule is Cc1occc1-c1nnc(SCC(=O)NNC(=O)c2ccccc2)n1Cc1ccccc1. The average molecular weight is 448 g/mol. The van der Waals surface area contributed by atoms with Crippen LogP contribution in [-0.2, 0) is 11.3 Å². The summed E-state index contributed by atoms with van der Waals surface area (Å²) in [7, 11) is 0. The van der Waals surface area contributed by atoms with Gasteiger partial charge in [0.05, 0.1) is 24.1 Å². The third kappa shape index (κ3) is 5.06. The van der Waals surface area contributed by atoms with Gasteiger partial charge in [-0.25, -0.2) is 0 Å². The fourth-order valence-electron chi connectivity index (χ4n) is 3.07. The number of hydrazine groups is 1. The molecule has 32 heavy (non-hydrogen) atoms. The first-order chi connectivity index (χ1) is 15.6. The summed E-state index contributed by atoms with van der Waals surface area (Å²) in [4.78, 5) is 24.4. The zero-order valence-corrected chi connectivity index (χ0v) is 18.1. The molecule has 0 bridgehead atoms. The molecule has 9 heteroatoms. The maximum atomic E-state index is 12.3. The summed E-state index contributed by atoms with van der Waals surface area (Å²) in [5.41, 5.74) is 7.24. The Kier molecular flexibility index (Phi) is 6.66. The van der Waals surface area contributed by atoms with Crippen molar-refractivity contribution in [1.29, 1.82) is 0 Å². The first-order valence-electron chi connectivity index (χ1n) is 9.90. The highest BCUT2D eigenvalue weighted by Gasteiger charge is 2.19. The Balaban J connectivity index is 1.45. The lowest BCUT2D eigenvalue weighted by Crippen LogP contribution is -2.42. The molecule has 0 aliphatic heterocycles. The van der Waals surface area contributed by atoms with Crippen LogP contribution < -0.4 is 10.9 Å². The number of hydrogen-bond acceptors (Lipinski definition) is 6. The van der Waals surface area contributed by atoms with Crippen LogP contribution in [0.3, 0.4) is 0 Å². The number of rotatable bonds is 7. The zero-order chi connectivity index (χ0) is 22.3. The van der Waals surface area contributed by atoms with Gasteiger partial charge in [-0.1, -0.05) is 60.3 Å². The predicted octanol–water partition coefficient (Wildman–Crippen LogP) is 3.45. The lowest BCUT2D eigenvalue weighted by atomic mass is 10.2. The van der Waals surface area contributed by atoms with E-state index in [4.69, 9.17) is 4.42 Å². The topological polar surface area (TPSA) is 102 Å². The van der Waals surface area contributed by atoms with Crippen molar-refractivity contribution in [2.24, 2.45) is 0 Å². The van der Waals surface area contributed by atoms with E-state index in [1.807, 2.05) is 54.0 Å². The number of aromatic nitrogens is 3. The van der Waals surface area contributed by atoms with Crippen LogP contribution in [0.2, 0.25) is 0 Å². The van der Waals surface area contributed by atoms with Crippen LogP contribution in [0, 0.1) is 6.92 Å². The van der Waals surface area contributed by atoms with E-state index in [1.165, 1.54) is 11.8 Å². The molecule has 4 rings (SSSR count). The van der Waals surface area contributed by atoms with Crippen molar-refractivity contribution >= 4 is 23.6 Å². The number of nitrogens with zero attached hydrogens (tertiary/aromatic N) is 3. The van der Waals surface area contributed by atoms with Crippen molar-refractivity contribution < 1.29 is 14.0 Å². The summed E-state index contributed by atoms with van der Waals surface area (Å²) in [6, 6.07) is 20.5. The second-order valence-corrected chi connectivity index (χ2v) is 7.87. The molecule has 2 amide bonds. The van der Waals surface area contributed by atoms with E-state index < -0.39 is 0 Å². The smallest absolute Gasteiger partial charge is 0.269 e. The van der Waals surface area contributed by atoms with E-state index in [0.29, 0.717) is 23.1 Å². The monoisotopic (exact) mass is 447 g/mol. The second kappa shape index (κ2) is 9.97. The maximum Gasteiger partial charge on any atom is 0.269 e. The van der Waals surface area contributed by atoms with Crippen molar-refractivity contribution in [2.45, 2.75) is 18.6 Å². The molecular formula is C23H21N5O3S. The van der Waals surface area contributed by atoms with Gasteiger partial charge in [0.1, 0.15) is 5.76 Å². The first-order valence-corrected chi connectivity index (χ1v) is 10.9. The molecule has 0 radical (unpaired) electrons. The predicted molar refractivity (Wildman–Crippen MR) is 121 cm³/mol. The number of thioether (sulfide) groups is 1. The molecule has 0 fully saturated rings. The summed E-state index contributed by atoms with van der Waals surface area (Å²) in [5.74, 6) is 0.736. The van der Waals surface area contributed by atoms with Gasteiger partial charge in [-0.15, -0.1) is 10.2 Å². The molecule has 0 aliphatic carbocycles. The number of amides is 2. The van der Waals surface area contributed by atoms with E-state index >= 15 is 0 Å². The van der Waals surface area contributed by atoms with Crippen LogP contribution in [0.1, 0.15) is 21.7 Å². The zero-order valence-electron chi connectivity index (χ0n) is 17.3. The molecule has 2 aromatic heterocycles. The summed E-state index contributed by atoms with van der Waals surface area (Å²) in [5, 5.41) is 9.22. The van der Waals surface area contributed by atoms with E-state index in [2.05, 4.69) is 21.0 Å². The summed E-state index contributed by atoms with van der Waals surface area (Å²) in [6.07, 6.45) is 1.61. The molecule has 0 saturated heterocycles. The van der Waals surface area contributed by atoms with Crippen LogP contribution in [0.4, 0.5) is 0 Å². The van der Waals surface area contributed by atoms with Crippen LogP contribution in [0.5, 0.6) is 0 Å². The van der Waals surface area contributed by atoms with Gasteiger partial charge in [-0.3, -0.25) is 25.0 Å². The molecule has 0 spiro atoms. The Labute approximate surface area is 189 Å². The molecule has 0 saturated carbocycles. The van der Waals surface area contributed by atoms with Gasteiger partial charge in [0.15, 0.2) is 11.0 Å². The molecule has 0 aliphatic rings. The van der Waals surface area contributed by atoms with Crippen LogP contribution >= 0.6 is 11.8 Å². The maximum absolute atomic E-state index is 12.3. The van der Waals surface area contributed by atoms with Crippen LogP contribution in [0.25, 0.3) is 11.4 Å². The van der Waals surface area contributed by atoms with Gasteiger partial charge < -0.3 is 4.42 Å². The van der Waals surface area contributed by atoms with Crippen LogP contribution in [-0.4, -0.2) is 32.3 Å². The molecule has 2 N–H and O–H groups in total. The number of carbonyl (C=O) groups is 2. The fraction of sp³-hybridized carbons (Fsp3) is 0.130. The quantitative estimate of drug-likeness (QED) is 0.332. The lowest BCUT2D eigenvalue weighted by molar-refractivity contribution is -0.119. The Morgan fingerprint density at radius 2 is 1.69 bits per heavy atom. The number of carbonyl (C=O) groups excluding carboxylic acids is 2. The van der Waals surface area contributed by atoms with Crippen molar-refractivity contribution in [3.05, 3.63) is 89.9 Å². The molecule has 0 unspecified atom stereocenters. The number of furan rings is 1. The minimum absolute atomic E-state index is 0.0619. The van der Waals surface area contributed by atoms with E-state index in [-0.39, 0.29) is 17.6 Å². The third-order valence-electron chi connectivity index (χ3n) is 4.68. The minimum atomic E-state index is -0.381. The molecule has 2 aromatic carbocycles. The number of aryl methyl sites for hydroxylation is 1. The molecule has 4 aromatic rings. The highest BCUT2D eigenvalue weighted by Crippen LogP contribution is 2.27. The van der Waals surface area contributed by atoms with Gasteiger partial charge >= 0.3 is 0 Å². The first kappa shape index (κ1) is 21.4.